The third kappa shape index (κ3) is 2.16. The van der Waals surface area contributed by atoms with Crippen molar-refractivity contribution in [1.82, 2.24) is 4.98 Å². The molecule has 1 atom stereocenters. The van der Waals surface area contributed by atoms with Gasteiger partial charge in [-0.2, -0.15) is 0 Å². The molecular weight excluding hydrogens is 243 g/mol. The van der Waals surface area contributed by atoms with Gasteiger partial charge in [-0.15, -0.1) is 0 Å². The van der Waals surface area contributed by atoms with E-state index in [0.29, 0.717) is 10.9 Å². The van der Waals surface area contributed by atoms with Gasteiger partial charge < -0.3 is 0 Å². The molecule has 1 heterocycles. The highest BCUT2D eigenvalue weighted by molar-refractivity contribution is 6.30. The van der Waals surface area contributed by atoms with Crippen molar-refractivity contribution in [3.05, 3.63) is 51.2 Å². The molecule has 86 valence electrons. The highest BCUT2D eigenvalue weighted by Crippen LogP contribution is 2.28. The molecule has 0 unspecified atom stereocenters. The van der Waals surface area contributed by atoms with Gasteiger partial charge in [0.15, 0.2) is 0 Å². The second-order valence-corrected chi connectivity index (χ2v) is 3.92. The quantitative estimate of drug-likeness (QED) is 0.337. The second kappa shape index (κ2) is 4.57. The highest BCUT2D eigenvalue weighted by Gasteiger charge is 2.12. The van der Waals surface area contributed by atoms with E-state index in [1.54, 1.807) is 25.1 Å². The van der Waals surface area contributed by atoms with E-state index in [2.05, 4.69) is 15.0 Å². The Kier molecular flexibility index (Phi) is 3.13. The minimum absolute atomic E-state index is 0.155. The largest absolute Gasteiger partial charge is 0.233 e. The zero-order valence-corrected chi connectivity index (χ0v) is 9.69. The number of fused-ring (bicyclic) bond motifs is 1. The van der Waals surface area contributed by atoms with Gasteiger partial charge >= 0.3 is 0 Å². The Bertz CT molecular complexity index is 622. The molecule has 2 rings (SSSR count). The average Bonchev–Trinajstić information content (AvgIpc) is 2.30. The van der Waals surface area contributed by atoms with Gasteiger partial charge in [0.05, 0.1) is 6.04 Å². The van der Waals surface area contributed by atoms with Gasteiger partial charge in [-0.1, -0.05) is 35.8 Å². The maximum absolute atomic E-state index is 13.4. The monoisotopic (exact) mass is 250 g/mol. The number of nitrogens with zero attached hydrogens (tertiary/aromatic N) is 4. The molecule has 0 amide bonds. The summed E-state index contributed by atoms with van der Waals surface area (Å²) >= 11 is 5.94. The summed E-state index contributed by atoms with van der Waals surface area (Å²) < 4.78 is 13.4. The fraction of sp³-hybridized carbons (Fsp3) is 0.182. The van der Waals surface area contributed by atoms with E-state index in [0.717, 1.165) is 0 Å². The lowest BCUT2D eigenvalue weighted by molar-refractivity contribution is 0.636. The zero-order chi connectivity index (χ0) is 12.4. The van der Waals surface area contributed by atoms with Crippen LogP contribution >= 0.6 is 11.6 Å². The number of hydrogen-bond acceptors (Lipinski definition) is 2. The molecule has 0 aliphatic heterocycles. The van der Waals surface area contributed by atoms with Gasteiger partial charge in [0.1, 0.15) is 16.5 Å². The molecule has 0 spiro atoms. The average molecular weight is 251 g/mol. The number of aromatic nitrogens is 1. The molecule has 0 bridgehead atoms. The van der Waals surface area contributed by atoms with E-state index in [9.17, 15) is 4.39 Å². The first-order valence-corrected chi connectivity index (χ1v) is 5.30. The van der Waals surface area contributed by atoms with Crippen LogP contribution in [0.25, 0.3) is 21.3 Å². The third-order valence-electron chi connectivity index (χ3n) is 2.45. The number of para-hydroxylation sites is 1. The van der Waals surface area contributed by atoms with Gasteiger partial charge in [-0.3, -0.25) is 0 Å². The molecule has 0 saturated heterocycles. The van der Waals surface area contributed by atoms with Gasteiger partial charge in [0.2, 0.25) is 0 Å². The first-order chi connectivity index (χ1) is 8.13. The summed E-state index contributed by atoms with van der Waals surface area (Å²) in [7, 11) is 0. The van der Waals surface area contributed by atoms with Crippen molar-refractivity contribution >= 4 is 22.5 Å². The van der Waals surface area contributed by atoms with Crippen LogP contribution in [0, 0.1) is 5.82 Å². The molecule has 0 saturated carbocycles. The lowest BCUT2D eigenvalue weighted by Crippen LogP contribution is -1.94. The SMILES string of the molecule is C[C@@H](N=[N+]=[N-])c1cc2cccc(F)c2nc1Cl. The molecule has 0 radical (unpaired) electrons. The first kappa shape index (κ1) is 11.6. The predicted molar refractivity (Wildman–Crippen MR) is 64.3 cm³/mol. The minimum atomic E-state index is -0.437. The first-order valence-electron chi connectivity index (χ1n) is 4.92. The molecule has 1 aromatic carbocycles. The Morgan fingerprint density at radius 3 is 3.00 bits per heavy atom. The third-order valence-corrected chi connectivity index (χ3v) is 2.75. The Labute approximate surface area is 102 Å². The van der Waals surface area contributed by atoms with Crippen LogP contribution in [0.15, 0.2) is 29.4 Å². The highest BCUT2D eigenvalue weighted by atomic mass is 35.5. The van der Waals surface area contributed by atoms with E-state index in [1.165, 1.54) is 6.07 Å². The van der Waals surface area contributed by atoms with Gasteiger partial charge in [-0.05, 0) is 23.2 Å². The molecule has 2 aromatic rings. The van der Waals surface area contributed by atoms with Crippen LogP contribution < -0.4 is 0 Å². The van der Waals surface area contributed by atoms with Crippen molar-refractivity contribution in [2.24, 2.45) is 5.11 Å². The van der Waals surface area contributed by atoms with Crippen LogP contribution in [-0.4, -0.2) is 4.98 Å². The summed E-state index contributed by atoms with van der Waals surface area (Å²) in [5, 5.41) is 4.33. The summed E-state index contributed by atoms with van der Waals surface area (Å²) in [6.45, 7) is 1.70. The van der Waals surface area contributed by atoms with Crippen LogP contribution in [0.1, 0.15) is 18.5 Å². The number of halogens is 2. The smallest absolute Gasteiger partial charge is 0.149 e. The summed E-state index contributed by atoms with van der Waals surface area (Å²) in [5.74, 6) is -0.424. The van der Waals surface area contributed by atoms with Gasteiger partial charge in [0.25, 0.3) is 0 Å². The maximum Gasteiger partial charge on any atom is 0.149 e. The number of azide groups is 1. The predicted octanol–water partition coefficient (Wildman–Crippen LogP) is 4.40. The molecule has 0 N–H and O–H groups in total. The number of benzene rings is 1. The molecule has 0 fully saturated rings. The van der Waals surface area contributed by atoms with Crippen molar-refractivity contribution in [2.75, 3.05) is 0 Å². The number of pyridine rings is 1. The summed E-state index contributed by atoms with van der Waals surface area (Å²) in [6, 6.07) is 5.89. The van der Waals surface area contributed by atoms with Crippen molar-refractivity contribution in [1.29, 1.82) is 0 Å². The van der Waals surface area contributed by atoms with Crippen LogP contribution in [-0.2, 0) is 0 Å². The second-order valence-electron chi connectivity index (χ2n) is 3.56. The van der Waals surface area contributed by atoms with Crippen molar-refractivity contribution in [2.45, 2.75) is 13.0 Å². The lowest BCUT2D eigenvalue weighted by Gasteiger charge is -2.09. The number of rotatable bonds is 2. The van der Waals surface area contributed by atoms with Crippen molar-refractivity contribution in [3.63, 3.8) is 0 Å². The van der Waals surface area contributed by atoms with E-state index in [1.807, 2.05) is 0 Å². The van der Waals surface area contributed by atoms with E-state index < -0.39 is 11.9 Å². The van der Waals surface area contributed by atoms with Crippen LogP contribution in [0.3, 0.4) is 0 Å². The summed E-state index contributed by atoms with van der Waals surface area (Å²) in [5.41, 5.74) is 9.18. The molecule has 0 aliphatic carbocycles. The Hall–Kier alpha value is -1.84. The van der Waals surface area contributed by atoms with Gasteiger partial charge in [-0.25, -0.2) is 9.37 Å². The van der Waals surface area contributed by atoms with E-state index in [-0.39, 0.29) is 10.7 Å². The zero-order valence-electron chi connectivity index (χ0n) is 8.93. The number of hydrogen-bond donors (Lipinski definition) is 0. The maximum atomic E-state index is 13.4. The van der Waals surface area contributed by atoms with E-state index >= 15 is 0 Å². The molecule has 1 aromatic heterocycles. The molecule has 6 heteroatoms. The standard InChI is InChI=1S/C11H8ClFN4/c1-6(16-17-14)8-5-7-3-2-4-9(13)10(7)15-11(8)12/h2-6H,1H3/t6-/m1/s1. The van der Waals surface area contributed by atoms with Crippen LogP contribution in [0.2, 0.25) is 5.15 Å². The molecule has 17 heavy (non-hydrogen) atoms. The summed E-state index contributed by atoms with van der Waals surface area (Å²) in [6.07, 6.45) is 0. The van der Waals surface area contributed by atoms with Crippen LogP contribution in [0.5, 0.6) is 0 Å². The fourth-order valence-corrected chi connectivity index (χ4v) is 1.89. The fourth-order valence-electron chi connectivity index (χ4n) is 1.59. The Morgan fingerprint density at radius 1 is 1.53 bits per heavy atom. The lowest BCUT2D eigenvalue weighted by atomic mass is 10.1. The normalized spacial score (nSPS) is 12.2. The molecule has 0 aliphatic rings. The molecule has 4 nitrogen and oxygen atoms in total. The van der Waals surface area contributed by atoms with Crippen LogP contribution in [0.4, 0.5) is 4.39 Å². The van der Waals surface area contributed by atoms with Gasteiger partial charge in [0, 0.05) is 10.3 Å². The van der Waals surface area contributed by atoms with Crippen molar-refractivity contribution in [3.8, 4) is 0 Å². The Morgan fingerprint density at radius 2 is 2.29 bits per heavy atom. The molecular formula is C11H8ClFN4. The van der Waals surface area contributed by atoms with Crippen molar-refractivity contribution < 1.29 is 4.39 Å². The summed E-state index contributed by atoms with van der Waals surface area (Å²) in [4.78, 5) is 6.70. The Balaban J connectivity index is 2.67. The minimum Gasteiger partial charge on any atom is -0.233 e. The topological polar surface area (TPSA) is 61.7 Å². The van der Waals surface area contributed by atoms with E-state index in [4.69, 9.17) is 17.1 Å².